The zero-order valence-electron chi connectivity index (χ0n) is 7.51. The summed E-state index contributed by atoms with van der Waals surface area (Å²) in [5.41, 5.74) is 0.526. The van der Waals surface area contributed by atoms with Crippen molar-refractivity contribution in [1.29, 1.82) is 0 Å². The number of hydrogen-bond donors (Lipinski definition) is 0. The summed E-state index contributed by atoms with van der Waals surface area (Å²) in [5, 5.41) is 0.796. The zero-order chi connectivity index (χ0) is 10.3. The van der Waals surface area contributed by atoms with Crippen molar-refractivity contribution in [3.63, 3.8) is 0 Å². The van der Waals surface area contributed by atoms with Crippen molar-refractivity contribution in [2.75, 3.05) is 6.61 Å². The summed E-state index contributed by atoms with van der Waals surface area (Å²) in [5.74, 6) is 0.479. The number of ketones is 1. The molecule has 0 aromatic heterocycles. The fraction of sp³-hybridized carbons (Fsp3) is 0.300. The Balaban J connectivity index is 2.56. The largest absolute Gasteiger partial charge is 0.492 e. The Morgan fingerprint density at radius 1 is 1.36 bits per heavy atom. The molecule has 74 valence electrons. The van der Waals surface area contributed by atoms with Crippen LogP contribution >= 0.6 is 23.2 Å². The van der Waals surface area contributed by atoms with Crippen molar-refractivity contribution < 1.29 is 9.53 Å². The number of carbonyl (C=O) groups excluding carboxylic acids is 1. The minimum Gasteiger partial charge on any atom is -0.492 e. The Morgan fingerprint density at radius 2 is 2.00 bits per heavy atom. The molecule has 0 saturated carbocycles. The van der Waals surface area contributed by atoms with Crippen molar-refractivity contribution >= 4 is 29.0 Å². The number of hydrogen-bond acceptors (Lipinski definition) is 2. The lowest BCUT2D eigenvalue weighted by Crippen LogP contribution is -2.25. The van der Waals surface area contributed by atoms with E-state index in [1.165, 1.54) is 0 Å². The average Bonchev–Trinajstić information content (AvgIpc) is 2.15. The van der Waals surface area contributed by atoms with E-state index in [1.54, 1.807) is 12.1 Å². The molecular weight excluding hydrogens is 223 g/mol. The topological polar surface area (TPSA) is 26.3 Å². The van der Waals surface area contributed by atoms with Gasteiger partial charge in [-0.1, -0.05) is 30.1 Å². The molecule has 4 heteroatoms. The molecule has 1 unspecified atom stereocenters. The minimum atomic E-state index is -0.111. The number of benzene rings is 1. The fourth-order valence-electron chi connectivity index (χ4n) is 1.40. The number of carbonyl (C=O) groups is 1. The van der Waals surface area contributed by atoms with E-state index >= 15 is 0 Å². The fourth-order valence-corrected chi connectivity index (χ4v) is 1.71. The van der Waals surface area contributed by atoms with Crippen LogP contribution in [-0.4, -0.2) is 12.4 Å². The average molecular weight is 231 g/mol. The van der Waals surface area contributed by atoms with Crippen LogP contribution in [0.4, 0.5) is 0 Å². The highest BCUT2D eigenvalue weighted by Crippen LogP contribution is 2.34. The standard InChI is InChI=1S/C10H8Cl2O2/c1-5-4-14-9-3-8(12)7(11)2-6(9)10(5)13/h2-3,5H,4H2,1H3. The van der Waals surface area contributed by atoms with E-state index in [2.05, 4.69) is 0 Å². The highest BCUT2D eigenvalue weighted by atomic mass is 35.5. The van der Waals surface area contributed by atoms with Crippen LogP contribution in [-0.2, 0) is 0 Å². The molecule has 1 aromatic carbocycles. The molecule has 1 heterocycles. The number of halogens is 2. The van der Waals surface area contributed by atoms with Gasteiger partial charge in [0.15, 0.2) is 5.78 Å². The van der Waals surface area contributed by atoms with Crippen LogP contribution in [0, 0.1) is 5.92 Å². The predicted octanol–water partition coefficient (Wildman–Crippen LogP) is 3.20. The second-order valence-electron chi connectivity index (χ2n) is 3.34. The maximum atomic E-state index is 11.7. The molecule has 0 N–H and O–H groups in total. The van der Waals surface area contributed by atoms with E-state index in [0.717, 1.165) is 0 Å². The van der Waals surface area contributed by atoms with Crippen LogP contribution in [0.15, 0.2) is 12.1 Å². The van der Waals surface area contributed by atoms with Gasteiger partial charge < -0.3 is 4.74 Å². The van der Waals surface area contributed by atoms with Crippen molar-refractivity contribution in [3.8, 4) is 5.75 Å². The van der Waals surface area contributed by atoms with Gasteiger partial charge in [0, 0.05) is 6.07 Å². The molecule has 0 fully saturated rings. The van der Waals surface area contributed by atoms with Gasteiger partial charge in [-0.15, -0.1) is 0 Å². The van der Waals surface area contributed by atoms with Crippen LogP contribution in [0.25, 0.3) is 0 Å². The number of fused-ring (bicyclic) bond motifs is 1. The van der Waals surface area contributed by atoms with Gasteiger partial charge in [0.25, 0.3) is 0 Å². The molecule has 2 rings (SSSR count). The lowest BCUT2D eigenvalue weighted by atomic mass is 9.97. The summed E-state index contributed by atoms with van der Waals surface area (Å²) >= 11 is 11.6. The predicted molar refractivity (Wildman–Crippen MR) is 55.5 cm³/mol. The first-order valence-electron chi connectivity index (χ1n) is 4.25. The molecule has 0 radical (unpaired) electrons. The first kappa shape index (κ1) is 9.81. The van der Waals surface area contributed by atoms with Crippen molar-refractivity contribution in [1.82, 2.24) is 0 Å². The highest BCUT2D eigenvalue weighted by Gasteiger charge is 2.26. The van der Waals surface area contributed by atoms with Gasteiger partial charge in [-0.05, 0) is 6.07 Å². The Labute approximate surface area is 91.8 Å². The third-order valence-electron chi connectivity index (χ3n) is 2.22. The lowest BCUT2D eigenvalue weighted by molar-refractivity contribution is 0.0849. The summed E-state index contributed by atoms with van der Waals surface area (Å²) in [6, 6.07) is 3.15. The van der Waals surface area contributed by atoms with Crippen LogP contribution < -0.4 is 4.74 Å². The van der Waals surface area contributed by atoms with E-state index < -0.39 is 0 Å². The first-order chi connectivity index (χ1) is 6.59. The van der Waals surface area contributed by atoms with E-state index in [0.29, 0.717) is 28.0 Å². The van der Waals surface area contributed by atoms with Gasteiger partial charge in [-0.2, -0.15) is 0 Å². The van der Waals surface area contributed by atoms with Gasteiger partial charge in [0.2, 0.25) is 0 Å². The Morgan fingerprint density at radius 3 is 2.71 bits per heavy atom. The zero-order valence-corrected chi connectivity index (χ0v) is 9.02. The second-order valence-corrected chi connectivity index (χ2v) is 4.15. The molecule has 0 aliphatic carbocycles. The monoisotopic (exact) mass is 230 g/mol. The third-order valence-corrected chi connectivity index (χ3v) is 2.95. The molecule has 1 aliphatic rings. The SMILES string of the molecule is CC1COc2cc(Cl)c(Cl)cc2C1=O. The van der Waals surface area contributed by atoms with Crippen LogP contribution in [0.2, 0.25) is 10.0 Å². The van der Waals surface area contributed by atoms with E-state index in [9.17, 15) is 4.79 Å². The minimum absolute atomic E-state index is 0.0600. The first-order valence-corrected chi connectivity index (χ1v) is 5.01. The van der Waals surface area contributed by atoms with Gasteiger partial charge in [0.1, 0.15) is 5.75 Å². The molecule has 0 amide bonds. The van der Waals surface area contributed by atoms with Gasteiger partial charge in [0.05, 0.1) is 28.1 Å². The van der Waals surface area contributed by atoms with Gasteiger partial charge in [-0.3, -0.25) is 4.79 Å². The quantitative estimate of drug-likeness (QED) is 0.685. The number of rotatable bonds is 0. The van der Waals surface area contributed by atoms with Crippen molar-refractivity contribution in [3.05, 3.63) is 27.7 Å². The molecule has 0 bridgehead atoms. The van der Waals surface area contributed by atoms with E-state index in [4.69, 9.17) is 27.9 Å². The maximum Gasteiger partial charge on any atom is 0.172 e. The number of Topliss-reactive ketones (excluding diaryl/α,β-unsaturated/α-hetero) is 1. The summed E-state index contributed by atoms with van der Waals surface area (Å²) in [7, 11) is 0. The summed E-state index contributed by atoms with van der Waals surface area (Å²) in [4.78, 5) is 11.7. The Bertz CT molecular complexity index is 401. The van der Waals surface area contributed by atoms with E-state index in [-0.39, 0.29) is 11.7 Å². The Hall–Kier alpha value is -0.730. The van der Waals surface area contributed by atoms with Crippen molar-refractivity contribution in [2.24, 2.45) is 5.92 Å². The van der Waals surface area contributed by atoms with Crippen LogP contribution in [0.1, 0.15) is 17.3 Å². The second kappa shape index (κ2) is 3.44. The molecule has 14 heavy (non-hydrogen) atoms. The molecular formula is C10H8Cl2O2. The highest BCUT2D eigenvalue weighted by molar-refractivity contribution is 6.42. The maximum absolute atomic E-state index is 11.7. The molecule has 1 atom stereocenters. The molecule has 1 aromatic rings. The number of ether oxygens (including phenoxy) is 1. The smallest absolute Gasteiger partial charge is 0.172 e. The third kappa shape index (κ3) is 1.49. The van der Waals surface area contributed by atoms with Gasteiger partial charge >= 0.3 is 0 Å². The molecule has 1 aliphatic heterocycles. The van der Waals surface area contributed by atoms with Crippen LogP contribution in [0.5, 0.6) is 5.75 Å². The Kier molecular flexibility index (Phi) is 2.41. The molecule has 2 nitrogen and oxygen atoms in total. The lowest BCUT2D eigenvalue weighted by Gasteiger charge is -2.21. The normalized spacial score (nSPS) is 20.2. The van der Waals surface area contributed by atoms with Gasteiger partial charge in [-0.25, -0.2) is 0 Å². The van der Waals surface area contributed by atoms with Crippen LogP contribution in [0.3, 0.4) is 0 Å². The summed E-state index contributed by atoms with van der Waals surface area (Å²) < 4.78 is 5.38. The summed E-state index contributed by atoms with van der Waals surface area (Å²) in [6.45, 7) is 2.23. The molecule has 0 spiro atoms. The molecule has 0 saturated heterocycles. The van der Waals surface area contributed by atoms with E-state index in [1.807, 2.05) is 6.92 Å². The summed E-state index contributed by atoms with van der Waals surface area (Å²) in [6.07, 6.45) is 0. The van der Waals surface area contributed by atoms with Crippen molar-refractivity contribution in [2.45, 2.75) is 6.92 Å².